The molecule has 2 aliphatic rings. The number of carbonyl (C=O) groups excluding carboxylic acids is 1. The topological polar surface area (TPSA) is 79.2 Å². The zero-order valence-electron chi connectivity index (χ0n) is 11.2. The zero-order valence-corrected chi connectivity index (χ0v) is 11.2. The number of likely N-dealkylation sites (tertiary alicyclic amines) is 1. The van der Waals surface area contributed by atoms with Crippen LogP contribution in [0, 0.1) is 0 Å². The molecule has 2 rings (SSSR count). The number of piperidine rings is 1. The Balaban J connectivity index is 1.97. The summed E-state index contributed by atoms with van der Waals surface area (Å²) in [5, 5.41) is 12.3. The van der Waals surface area contributed by atoms with Crippen LogP contribution in [0.15, 0.2) is 5.16 Å². The summed E-state index contributed by atoms with van der Waals surface area (Å²) < 4.78 is 0. The normalized spacial score (nSPS) is 26.8. The van der Waals surface area contributed by atoms with Gasteiger partial charge in [0.25, 0.3) is 5.91 Å². The molecular formula is C13H20N2O4. The Morgan fingerprint density at radius 2 is 2.26 bits per heavy atom. The largest absolute Gasteiger partial charge is 0.477 e. The average Bonchev–Trinajstić information content (AvgIpc) is 2.89. The number of carbonyl (C=O) groups is 2. The molecule has 0 aromatic rings. The maximum absolute atomic E-state index is 12.4. The van der Waals surface area contributed by atoms with Crippen LogP contribution >= 0.6 is 0 Å². The second kappa shape index (κ2) is 6.04. The molecule has 6 nitrogen and oxygen atoms in total. The molecule has 1 saturated heterocycles. The number of hydrogen-bond donors (Lipinski definition) is 1. The van der Waals surface area contributed by atoms with Crippen molar-refractivity contribution in [3.05, 3.63) is 0 Å². The van der Waals surface area contributed by atoms with Gasteiger partial charge in [-0.2, -0.15) is 0 Å². The van der Waals surface area contributed by atoms with Gasteiger partial charge in [-0.1, -0.05) is 18.5 Å². The smallest absolute Gasteiger partial charge is 0.353 e. The van der Waals surface area contributed by atoms with E-state index in [4.69, 9.17) is 9.94 Å². The highest BCUT2D eigenvalue weighted by atomic mass is 16.6. The van der Waals surface area contributed by atoms with Crippen molar-refractivity contribution in [1.82, 2.24) is 4.90 Å². The van der Waals surface area contributed by atoms with Crippen molar-refractivity contribution in [3.8, 4) is 0 Å². The van der Waals surface area contributed by atoms with E-state index < -0.39 is 12.1 Å². The summed E-state index contributed by atoms with van der Waals surface area (Å²) in [6.45, 7) is 2.85. The number of oxime groups is 1. The van der Waals surface area contributed by atoms with Crippen LogP contribution in [0.3, 0.4) is 0 Å². The van der Waals surface area contributed by atoms with Gasteiger partial charge in [0.05, 0.1) is 0 Å². The minimum atomic E-state index is -1.11. The van der Waals surface area contributed by atoms with Crippen LogP contribution in [0.1, 0.15) is 45.4 Å². The molecule has 106 valence electrons. The van der Waals surface area contributed by atoms with Crippen LogP contribution in [0.25, 0.3) is 0 Å². The Hall–Kier alpha value is -1.59. The van der Waals surface area contributed by atoms with Gasteiger partial charge in [0.15, 0.2) is 5.71 Å². The molecule has 1 N–H and O–H groups in total. The Bertz CT molecular complexity index is 392. The number of rotatable bonds is 4. The Labute approximate surface area is 112 Å². The molecule has 2 heterocycles. The SMILES string of the molecule is CCCC1CCCCN1C(=O)C1CC(C(=O)O)=NO1. The molecule has 2 aliphatic heterocycles. The standard InChI is InChI=1S/C13H20N2O4/c1-2-5-9-6-3-4-7-15(9)12(16)11-8-10(13(17)18)14-19-11/h9,11H,2-8H2,1H3,(H,17,18). The van der Waals surface area contributed by atoms with Gasteiger partial charge in [-0.05, 0) is 25.7 Å². The molecular weight excluding hydrogens is 248 g/mol. The molecule has 2 atom stereocenters. The maximum Gasteiger partial charge on any atom is 0.353 e. The quantitative estimate of drug-likeness (QED) is 0.835. The summed E-state index contributed by atoms with van der Waals surface area (Å²) in [7, 11) is 0. The lowest BCUT2D eigenvalue weighted by atomic mass is 9.97. The monoisotopic (exact) mass is 268 g/mol. The van der Waals surface area contributed by atoms with Crippen molar-refractivity contribution in [3.63, 3.8) is 0 Å². The van der Waals surface area contributed by atoms with Crippen molar-refractivity contribution in [1.29, 1.82) is 0 Å². The van der Waals surface area contributed by atoms with Gasteiger partial charge in [-0.3, -0.25) is 4.79 Å². The predicted molar refractivity (Wildman–Crippen MR) is 68.8 cm³/mol. The van der Waals surface area contributed by atoms with Gasteiger partial charge in [0.2, 0.25) is 6.10 Å². The van der Waals surface area contributed by atoms with E-state index in [0.717, 1.165) is 38.6 Å². The van der Waals surface area contributed by atoms with Crippen molar-refractivity contribution in [2.45, 2.75) is 57.6 Å². The fraction of sp³-hybridized carbons (Fsp3) is 0.769. The van der Waals surface area contributed by atoms with Crippen LogP contribution < -0.4 is 0 Å². The van der Waals surface area contributed by atoms with Crippen molar-refractivity contribution in [2.75, 3.05) is 6.54 Å². The van der Waals surface area contributed by atoms with Gasteiger partial charge in [-0.25, -0.2) is 4.79 Å². The number of carboxylic acid groups (broad SMARTS) is 1. The van der Waals surface area contributed by atoms with E-state index in [1.54, 1.807) is 0 Å². The van der Waals surface area contributed by atoms with E-state index in [2.05, 4.69) is 12.1 Å². The molecule has 1 amide bonds. The summed E-state index contributed by atoms with van der Waals surface area (Å²) >= 11 is 0. The van der Waals surface area contributed by atoms with E-state index in [1.807, 2.05) is 4.90 Å². The average molecular weight is 268 g/mol. The lowest BCUT2D eigenvalue weighted by molar-refractivity contribution is -0.146. The summed E-state index contributed by atoms with van der Waals surface area (Å²) in [4.78, 5) is 30.0. The molecule has 0 spiro atoms. The lowest BCUT2D eigenvalue weighted by Gasteiger charge is -2.36. The molecule has 0 aliphatic carbocycles. The summed E-state index contributed by atoms with van der Waals surface area (Å²) in [6.07, 6.45) is 4.54. The van der Waals surface area contributed by atoms with E-state index in [0.29, 0.717) is 0 Å². The van der Waals surface area contributed by atoms with Crippen LogP contribution in [-0.4, -0.2) is 46.3 Å². The number of nitrogens with zero attached hydrogens (tertiary/aromatic N) is 2. The highest BCUT2D eigenvalue weighted by Gasteiger charge is 2.37. The molecule has 0 radical (unpaired) electrons. The van der Waals surface area contributed by atoms with Crippen molar-refractivity contribution < 1.29 is 19.5 Å². The minimum Gasteiger partial charge on any atom is -0.477 e. The molecule has 6 heteroatoms. The Kier molecular flexibility index (Phi) is 4.39. The fourth-order valence-electron chi connectivity index (χ4n) is 2.75. The summed E-state index contributed by atoms with van der Waals surface area (Å²) in [6, 6.07) is 0.267. The van der Waals surface area contributed by atoms with Crippen LogP contribution in [0.2, 0.25) is 0 Å². The van der Waals surface area contributed by atoms with Gasteiger partial charge in [0, 0.05) is 19.0 Å². The first-order valence-electron chi connectivity index (χ1n) is 6.90. The molecule has 0 aromatic heterocycles. The molecule has 0 aromatic carbocycles. The lowest BCUT2D eigenvalue weighted by Crippen LogP contribution is -2.48. The second-order valence-corrected chi connectivity index (χ2v) is 5.11. The zero-order chi connectivity index (χ0) is 13.8. The predicted octanol–water partition coefficient (Wildman–Crippen LogP) is 1.40. The Morgan fingerprint density at radius 1 is 1.47 bits per heavy atom. The highest BCUT2D eigenvalue weighted by molar-refractivity contribution is 6.36. The first-order valence-corrected chi connectivity index (χ1v) is 6.90. The van der Waals surface area contributed by atoms with Crippen LogP contribution in [0.5, 0.6) is 0 Å². The molecule has 19 heavy (non-hydrogen) atoms. The number of amides is 1. The van der Waals surface area contributed by atoms with Crippen molar-refractivity contribution >= 4 is 17.6 Å². The summed E-state index contributed by atoms with van der Waals surface area (Å²) in [5.74, 6) is -1.22. The van der Waals surface area contributed by atoms with E-state index >= 15 is 0 Å². The second-order valence-electron chi connectivity index (χ2n) is 5.11. The molecule has 2 unspecified atom stereocenters. The Morgan fingerprint density at radius 3 is 2.89 bits per heavy atom. The van der Waals surface area contributed by atoms with E-state index in [1.165, 1.54) is 0 Å². The third-order valence-electron chi connectivity index (χ3n) is 3.72. The van der Waals surface area contributed by atoms with Gasteiger partial charge in [-0.15, -0.1) is 0 Å². The molecule has 0 bridgehead atoms. The number of aliphatic carboxylic acids is 1. The van der Waals surface area contributed by atoms with Gasteiger partial charge >= 0.3 is 5.97 Å². The van der Waals surface area contributed by atoms with Crippen LogP contribution in [-0.2, 0) is 14.4 Å². The highest BCUT2D eigenvalue weighted by Crippen LogP contribution is 2.24. The molecule has 0 saturated carbocycles. The van der Waals surface area contributed by atoms with Gasteiger partial charge < -0.3 is 14.8 Å². The van der Waals surface area contributed by atoms with Gasteiger partial charge in [0.1, 0.15) is 0 Å². The molecule has 1 fully saturated rings. The fourth-order valence-corrected chi connectivity index (χ4v) is 2.75. The number of hydrogen-bond acceptors (Lipinski definition) is 4. The van der Waals surface area contributed by atoms with Crippen LogP contribution in [0.4, 0.5) is 0 Å². The third-order valence-corrected chi connectivity index (χ3v) is 3.72. The first kappa shape index (κ1) is 13.8. The summed E-state index contributed by atoms with van der Waals surface area (Å²) in [5.41, 5.74) is -0.0672. The maximum atomic E-state index is 12.4. The number of carboxylic acids is 1. The first-order chi connectivity index (χ1) is 9.13. The van der Waals surface area contributed by atoms with Crippen molar-refractivity contribution in [2.24, 2.45) is 5.16 Å². The minimum absolute atomic E-state index is 0.0672. The van der Waals surface area contributed by atoms with E-state index in [9.17, 15) is 9.59 Å². The van der Waals surface area contributed by atoms with E-state index in [-0.39, 0.29) is 24.1 Å². The third kappa shape index (κ3) is 3.05.